The summed E-state index contributed by atoms with van der Waals surface area (Å²) in [6.07, 6.45) is 3.66. The first kappa shape index (κ1) is 12.1. The van der Waals surface area contributed by atoms with Gasteiger partial charge in [0, 0.05) is 29.2 Å². The van der Waals surface area contributed by atoms with Crippen molar-refractivity contribution in [2.75, 3.05) is 11.1 Å². The number of hydrogen-bond acceptors (Lipinski definition) is 5. The highest BCUT2D eigenvalue weighted by molar-refractivity contribution is 7.22. The lowest BCUT2D eigenvalue weighted by Crippen LogP contribution is -1.90. The summed E-state index contributed by atoms with van der Waals surface area (Å²) in [5, 5.41) is 6.47. The van der Waals surface area contributed by atoms with Gasteiger partial charge in [-0.1, -0.05) is 23.5 Å². The monoisotopic (exact) mass is 292 g/mol. The third-order valence-corrected chi connectivity index (χ3v) is 4.27. The van der Waals surface area contributed by atoms with Crippen molar-refractivity contribution in [1.82, 2.24) is 9.97 Å². The van der Waals surface area contributed by atoms with Gasteiger partial charge in [0.1, 0.15) is 0 Å². The lowest BCUT2D eigenvalue weighted by Gasteiger charge is -2.06. The molecule has 0 radical (unpaired) electrons. The molecule has 0 saturated heterocycles. The van der Waals surface area contributed by atoms with Gasteiger partial charge in [0.15, 0.2) is 5.13 Å². The Hall–Kier alpha value is -2.66. The van der Waals surface area contributed by atoms with Gasteiger partial charge >= 0.3 is 0 Å². The second-order valence-electron chi connectivity index (χ2n) is 4.77. The number of hydrogen-bond donors (Lipinski definition) is 2. The fraction of sp³-hybridized carbons (Fsp3) is 0. The van der Waals surface area contributed by atoms with Crippen molar-refractivity contribution < 1.29 is 0 Å². The largest absolute Gasteiger partial charge is 0.399 e. The molecule has 0 saturated carbocycles. The molecule has 0 aliphatic rings. The van der Waals surface area contributed by atoms with Crippen LogP contribution in [0.25, 0.3) is 21.0 Å². The molecule has 0 fully saturated rings. The molecule has 0 aliphatic carbocycles. The van der Waals surface area contributed by atoms with E-state index in [2.05, 4.69) is 21.4 Å². The maximum absolute atomic E-state index is 5.81. The van der Waals surface area contributed by atoms with Crippen LogP contribution in [0.4, 0.5) is 16.5 Å². The molecule has 0 bridgehead atoms. The van der Waals surface area contributed by atoms with E-state index in [1.807, 2.05) is 42.6 Å². The molecule has 0 unspecified atom stereocenters. The van der Waals surface area contributed by atoms with Crippen LogP contribution < -0.4 is 11.1 Å². The Labute approximate surface area is 125 Å². The van der Waals surface area contributed by atoms with Gasteiger partial charge in [-0.15, -0.1) is 0 Å². The number of nitrogens with one attached hydrogen (secondary N) is 1. The Balaban J connectivity index is 1.79. The fourth-order valence-corrected chi connectivity index (χ4v) is 3.26. The number of anilines is 3. The first-order valence-electron chi connectivity index (χ1n) is 6.55. The van der Waals surface area contributed by atoms with Crippen molar-refractivity contribution in [3.63, 3.8) is 0 Å². The number of nitrogens with two attached hydrogens (primary N) is 1. The van der Waals surface area contributed by atoms with Crippen LogP contribution in [-0.4, -0.2) is 9.97 Å². The van der Waals surface area contributed by atoms with E-state index in [0.29, 0.717) is 0 Å². The maximum atomic E-state index is 5.81. The summed E-state index contributed by atoms with van der Waals surface area (Å²) >= 11 is 1.59. The van der Waals surface area contributed by atoms with Crippen molar-refractivity contribution in [2.24, 2.45) is 0 Å². The Morgan fingerprint density at radius 1 is 1.10 bits per heavy atom. The summed E-state index contributed by atoms with van der Waals surface area (Å²) in [5.74, 6) is 0. The highest BCUT2D eigenvalue weighted by Gasteiger charge is 2.06. The predicted octanol–water partition coefficient (Wildman–Crippen LogP) is 4.17. The number of thiazole rings is 1. The zero-order chi connectivity index (χ0) is 14.2. The van der Waals surface area contributed by atoms with Crippen LogP contribution in [0.5, 0.6) is 0 Å². The van der Waals surface area contributed by atoms with Crippen LogP contribution in [0.3, 0.4) is 0 Å². The van der Waals surface area contributed by atoms with Crippen LogP contribution in [-0.2, 0) is 0 Å². The van der Waals surface area contributed by atoms with Gasteiger partial charge in [-0.25, -0.2) is 4.98 Å². The summed E-state index contributed by atoms with van der Waals surface area (Å²) in [5.41, 5.74) is 8.53. The molecule has 2 aromatic carbocycles. The Bertz CT molecular complexity index is 940. The molecular formula is C16H12N4S. The third-order valence-electron chi connectivity index (χ3n) is 3.34. The van der Waals surface area contributed by atoms with Gasteiger partial charge in [-0.3, -0.25) is 4.98 Å². The topological polar surface area (TPSA) is 63.8 Å². The first-order valence-corrected chi connectivity index (χ1v) is 7.37. The molecule has 21 heavy (non-hydrogen) atoms. The predicted molar refractivity (Wildman–Crippen MR) is 89.1 cm³/mol. The number of nitrogen functional groups attached to an aromatic ring is 1. The molecule has 0 spiro atoms. The van der Waals surface area contributed by atoms with Gasteiger partial charge in [0.25, 0.3) is 0 Å². The van der Waals surface area contributed by atoms with Gasteiger partial charge in [-0.05, 0) is 35.7 Å². The van der Waals surface area contributed by atoms with E-state index in [1.54, 1.807) is 17.5 Å². The van der Waals surface area contributed by atoms with E-state index in [0.717, 1.165) is 37.5 Å². The van der Waals surface area contributed by atoms with Crippen molar-refractivity contribution in [3.05, 3.63) is 54.9 Å². The smallest absolute Gasteiger partial charge is 0.188 e. The average Bonchev–Trinajstić information content (AvgIpc) is 2.89. The molecule has 4 aromatic rings. The number of benzene rings is 2. The minimum atomic E-state index is 0.757. The van der Waals surface area contributed by atoms with Gasteiger partial charge < -0.3 is 11.1 Å². The van der Waals surface area contributed by atoms with Crippen LogP contribution in [0.2, 0.25) is 0 Å². The Morgan fingerprint density at radius 3 is 3.00 bits per heavy atom. The number of rotatable bonds is 2. The summed E-state index contributed by atoms with van der Waals surface area (Å²) in [6, 6.07) is 13.9. The van der Waals surface area contributed by atoms with Gasteiger partial charge in [0.05, 0.1) is 10.2 Å². The van der Waals surface area contributed by atoms with E-state index < -0.39 is 0 Å². The second-order valence-corrected chi connectivity index (χ2v) is 5.80. The third kappa shape index (κ3) is 2.17. The molecule has 4 nitrogen and oxygen atoms in total. The van der Waals surface area contributed by atoms with E-state index in [1.165, 1.54) is 0 Å². The average molecular weight is 292 g/mol. The van der Waals surface area contributed by atoms with Gasteiger partial charge in [0.2, 0.25) is 0 Å². The first-order chi connectivity index (χ1) is 10.3. The van der Waals surface area contributed by atoms with E-state index >= 15 is 0 Å². The van der Waals surface area contributed by atoms with Crippen molar-refractivity contribution >= 4 is 48.8 Å². The van der Waals surface area contributed by atoms with Crippen LogP contribution >= 0.6 is 11.3 Å². The van der Waals surface area contributed by atoms with E-state index in [4.69, 9.17) is 5.73 Å². The highest BCUT2D eigenvalue weighted by Crippen LogP contribution is 2.31. The summed E-state index contributed by atoms with van der Waals surface area (Å²) < 4.78 is 1.08. The minimum Gasteiger partial charge on any atom is -0.399 e. The Kier molecular flexibility index (Phi) is 2.72. The van der Waals surface area contributed by atoms with E-state index in [-0.39, 0.29) is 0 Å². The molecule has 4 rings (SSSR count). The van der Waals surface area contributed by atoms with Crippen LogP contribution in [0.15, 0.2) is 54.9 Å². The molecule has 0 atom stereocenters. The van der Waals surface area contributed by atoms with Crippen LogP contribution in [0.1, 0.15) is 0 Å². The lowest BCUT2D eigenvalue weighted by molar-refractivity contribution is 1.36. The molecular weight excluding hydrogens is 280 g/mol. The summed E-state index contributed by atoms with van der Waals surface area (Å²) in [6.45, 7) is 0. The molecule has 2 heterocycles. The minimum absolute atomic E-state index is 0.757. The van der Waals surface area contributed by atoms with Crippen molar-refractivity contribution in [3.8, 4) is 0 Å². The molecule has 0 aliphatic heterocycles. The quantitative estimate of drug-likeness (QED) is 0.544. The number of nitrogens with zero attached hydrogens (tertiary/aromatic N) is 2. The molecule has 5 heteroatoms. The number of pyridine rings is 1. The number of fused-ring (bicyclic) bond motifs is 2. The van der Waals surface area contributed by atoms with Crippen molar-refractivity contribution in [1.29, 1.82) is 0 Å². The molecule has 102 valence electrons. The second kappa shape index (κ2) is 4.71. The Morgan fingerprint density at radius 2 is 2.05 bits per heavy atom. The molecule has 2 aromatic heterocycles. The van der Waals surface area contributed by atoms with Crippen LogP contribution in [0, 0.1) is 0 Å². The fourth-order valence-electron chi connectivity index (χ4n) is 2.33. The standard InChI is InChI=1S/C16H12N4S/c17-11-4-5-14-15(8-11)21-16(20-14)19-13-3-1-2-10-6-7-18-9-12(10)13/h1-9H,17H2,(H,19,20). The molecule has 3 N–H and O–H groups in total. The van der Waals surface area contributed by atoms with Gasteiger partial charge in [-0.2, -0.15) is 0 Å². The zero-order valence-corrected chi connectivity index (χ0v) is 11.9. The summed E-state index contributed by atoms with van der Waals surface area (Å²) in [4.78, 5) is 8.78. The SMILES string of the molecule is Nc1ccc2nc(Nc3cccc4ccncc34)sc2c1. The zero-order valence-electron chi connectivity index (χ0n) is 11.1. The maximum Gasteiger partial charge on any atom is 0.188 e. The number of aromatic nitrogens is 2. The summed E-state index contributed by atoms with van der Waals surface area (Å²) in [7, 11) is 0. The van der Waals surface area contributed by atoms with E-state index in [9.17, 15) is 0 Å². The van der Waals surface area contributed by atoms with Crippen molar-refractivity contribution in [2.45, 2.75) is 0 Å². The normalized spacial score (nSPS) is 11.0. The molecule has 0 amide bonds. The highest BCUT2D eigenvalue weighted by atomic mass is 32.1. The lowest BCUT2D eigenvalue weighted by atomic mass is 10.1.